The van der Waals surface area contributed by atoms with Crippen molar-refractivity contribution in [2.24, 2.45) is 18.9 Å². The molecule has 12 heteroatoms. The number of rotatable bonds is 3. The van der Waals surface area contributed by atoms with Gasteiger partial charge in [0.25, 0.3) is 5.56 Å². The number of piperidine rings is 1. The van der Waals surface area contributed by atoms with Crippen LogP contribution in [0.1, 0.15) is 18.4 Å². The lowest BCUT2D eigenvalue weighted by Gasteiger charge is -2.43. The Kier molecular flexibility index (Phi) is 5.25. The number of hydrogen-bond acceptors (Lipinski definition) is 5. The second kappa shape index (κ2) is 8.03. The van der Waals surface area contributed by atoms with Gasteiger partial charge in [-0.1, -0.05) is 0 Å². The number of nitrogens with one attached hydrogen (secondary N) is 2. The molecule has 2 aliphatic rings. The predicted octanol–water partition coefficient (Wildman–Crippen LogP) is 3.05. The van der Waals surface area contributed by atoms with Crippen LogP contribution in [0.25, 0.3) is 11.0 Å². The molecule has 4 heterocycles. The van der Waals surface area contributed by atoms with E-state index in [2.05, 4.69) is 25.4 Å². The van der Waals surface area contributed by atoms with Crippen LogP contribution in [0.2, 0.25) is 0 Å². The van der Waals surface area contributed by atoms with Gasteiger partial charge in [-0.05, 0) is 36.8 Å². The Morgan fingerprint density at radius 2 is 1.91 bits per heavy atom. The summed E-state index contributed by atoms with van der Waals surface area (Å²) in [6.45, 7) is 1.46. The van der Waals surface area contributed by atoms with Gasteiger partial charge < -0.3 is 19.7 Å². The first-order chi connectivity index (χ1) is 16.1. The second-order valence-electron chi connectivity index (χ2n) is 9.09. The Hall–Kier alpha value is -3.57. The minimum Gasteiger partial charge on any atom is -0.370 e. The zero-order valence-electron chi connectivity index (χ0n) is 18.6. The highest BCUT2D eigenvalue weighted by Crippen LogP contribution is 2.41. The van der Waals surface area contributed by atoms with Gasteiger partial charge in [0.2, 0.25) is 0 Å². The molecule has 0 aromatic carbocycles. The average Bonchev–Trinajstić information content (AvgIpc) is 3.36. The molecule has 180 valence electrons. The van der Waals surface area contributed by atoms with Crippen LogP contribution in [-0.4, -0.2) is 56.9 Å². The molecule has 2 unspecified atom stereocenters. The summed E-state index contributed by atoms with van der Waals surface area (Å²) in [4.78, 5) is 33.5. The van der Waals surface area contributed by atoms with Gasteiger partial charge in [0.05, 0.1) is 23.6 Å². The van der Waals surface area contributed by atoms with Gasteiger partial charge in [0.1, 0.15) is 5.69 Å². The number of aryl methyl sites for hydroxylation is 1. The fraction of sp³-hybridized carbons (Fsp3) is 0.455. The second-order valence-corrected chi connectivity index (χ2v) is 9.09. The van der Waals surface area contributed by atoms with E-state index in [0.717, 1.165) is 47.2 Å². The summed E-state index contributed by atoms with van der Waals surface area (Å²) in [5, 5.41) is 10.2. The van der Waals surface area contributed by atoms with Crippen molar-refractivity contribution in [2.75, 3.05) is 30.4 Å². The molecule has 0 radical (unpaired) electrons. The molecule has 34 heavy (non-hydrogen) atoms. The van der Waals surface area contributed by atoms with Crippen molar-refractivity contribution >= 4 is 28.4 Å². The van der Waals surface area contributed by atoms with Crippen LogP contribution < -0.4 is 15.8 Å². The molecule has 1 aliphatic heterocycles. The van der Waals surface area contributed by atoms with Crippen molar-refractivity contribution in [1.29, 1.82) is 0 Å². The van der Waals surface area contributed by atoms with Crippen LogP contribution in [0.5, 0.6) is 0 Å². The molecule has 2 bridgehead atoms. The van der Waals surface area contributed by atoms with Gasteiger partial charge in [0.15, 0.2) is 5.65 Å². The first kappa shape index (κ1) is 22.2. The third-order valence-corrected chi connectivity index (χ3v) is 6.95. The van der Waals surface area contributed by atoms with Crippen molar-refractivity contribution < 1.29 is 18.0 Å². The topological polar surface area (TPSA) is 99.1 Å². The molecular formula is C22H24F3N7O2. The van der Waals surface area contributed by atoms with Gasteiger partial charge in [-0.15, -0.1) is 0 Å². The van der Waals surface area contributed by atoms with Gasteiger partial charge in [-0.25, -0.2) is 9.78 Å². The summed E-state index contributed by atoms with van der Waals surface area (Å²) in [5.41, 5.74) is -0.375. The number of carbonyl (C=O) groups is 1. The summed E-state index contributed by atoms with van der Waals surface area (Å²) in [6.07, 6.45) is 1.50. The molecule has 5 rings (SSSR count). The lowest BCUT2D eigenvalue weighted by Crippen LogP contribution is -2.54. The zero-order chi connectivity index (χ0) is 24.2. The maximum atomic E-state index is 13.2. The molecule has 2 fully saturated rings. The van der Waals surface area contributed by atoms with E-state index in [1.807, 2.05) is 6.07 Å². The number of pyridine rings is 2. The number of carbonyl (C=O) groups excluding carboxylic acids is 1. The SMILES string of the molecule is CN(C(=O)Nc1cc(C(F)(F)F)cn(C)c1=O)C1C2CCC1CN(c1cnc3[nH]ncc3c1)C2. The van der Waals surface area contributed by atoms with E-state index < -0.39 is 29.0 Å². The van der Waals surface area contributed by atoms with E-state index in [1.165, 1.54) is 11.9 Å². The van der Waals surface area contributed by atoms with Gasteiger partial charge in [-0.3, -0.25) is 9.89 Å². The molecule has 9 nitrogen and oxygen atoms in total. The molecule has 3 aromatic rings. The monoisotopic (exact) mass is 475 g/mol. The summed E-state index contributed by atoms with van der Waals surface area (Å²) in [6, 6.07) is 2.06. The van der Waals surface area contributed by atoms with Crippen molar-refractivity contribution in [3.05, 3.63) is 46.6 Å². The van der Waals surface area contributed by atoms with Gasteiger partial charge in [0, 0.05) is 44.8 Å². The number of anilines is 2. The third-order valence-electron chi connectivity index (χ3n) is 6.95. The number of urea groups is 1. The minimum atomic E-state index is -4.63. The molecule has 2 atom stereocenters. The summed E-state index contributed by atoms with van der Waals surface area (Å²) >= 11 is 0. The van der Waals surface area contributed by atoms with Gasteiger partial charge >= 0.3 is 12.2 Å². The first-order valence-corrected chi connectivity index (χ1v) is 11.0. The summed E-state index contributed by atoms with van der Waals surface area (Å²) in [5.74, 6) is 0.387. The molecular weight excluding hydrogens is 451 g/mol. The van der Waals surface area contributed by atoms with Crippen LogP contribution in [0.15, 0.2) is 35.5 Å². The van der Waals surface area contributed by atoms with Crippen molar-refractivity contribution in [1.82, 2.24) is 24.6 Å². The zero-order valence-corrected chi connectivity index (χ0v) is 18.6. The maximum Gasteiger partial charge on any atom is 0.417 e. The fourth-order valence-electron chi connectivity index (χ4n) is 5.33. The number of halogens is 3. The Morgan fingerprint density at radius 1 is 1.21 bits per heavy atom. The standard InChI is InChI=1S/C22H24F3N7O2/c1-30-11-15(22(23,24)25)6-17(20(30)33)28-21(34)31(2)18-12-3-4-13(18)10-32(9-12)16-5-14-7-27-29-19(14)26-8-16/h5-8,11-13,18H,3-4,9-10H2,1-2H3,(H,28,34)(H,26,27,29). The number of aromatic nitrogens is 4. The number of hydrogen-bond donors (Lipinski definition) is 2. The normalized spacial score (nSPS) is 22.3. The number of fused-ring (bicyclic) bond motifs is 3. The highest BCUT2D eigenvalue weighted by Gasteiger charge is 2.45. The molecule has 2 N–H and O–H groups in total. The lowest BCUT2D eigenvalue weighted by molar-refractivity contribution is -0.138. The molecule has 3 aromatic heterocycles. The summed E-state index contributed by atoms with van der Waals surface area (Å²) in [7, 11) is 2.86. The highest BCUT2D eigenvalue weighted by molar-refractivity contribution is 5.89. The average molecular weight is 475 g/mol. The lowest BCUT2D eigenvalue weighted by atomic mass is 9.90. The molecule has 1 saturated carbocycles. The van der Waals surface area contributed by atoms with E-state index in [4.69, 9.17) is 0 Å². The molecule has 2 amide bonds. The third kappa shape index (κ3) is 3.86. The predicted molar refractivity (Wildman–Crippen MR) is 120 cm³/mol. The van der Waals surface area contributed by atoms with E-state index in [9.17, 15) is 22.8 Å². The molecule has 0 spiro atoms. The van der Waals surface area contributed by atoms with Crippen LogP contribution in [0.3, 0.4) is 0 Å². The van der Waals surface area contributed by atoms with Crippen LogP contribution in [0.4, 0.5) is 29.3 Å². The summed E-state index contributed by atoms with van der Waals surface area (Å²) < 4.78 is 40.3. The number of amides is 2. The quantitative estimate of drug-likeness (QED) is 0.607. The van der Waals surface area contributed by atoms with E-state index in [0.29, 0.717) is 12.3 Å². The van der Waals surface area contributed by atoms with Crippen LogP contribution >= 0.6 is 0 Å². The minimum absolute atomic E-state index is 0.0727. The van der Waals surface area contributed by atoms with Crippen molar-refractivity contribution in [2.45, 2.75) is 25.1 Å². The van der Waals surface area contributed by atoms with Crippen LogP contribution in [-0.2, 0) is 13.2 Å². The number of alkyl halides is 3. The van der Waals surface area contributed by atoms with Crippen LogP contribution in [0, 0.1) is 11.8 Å². The number of H-pyrrole nitrogens is 1. The van der Waals surface area contributed by atoms with Crippen molar-refractivity contribution in [3.63, 3.8) is 0 Å². The molecule has 1 aliphatic carbocycles. The largest absolute Gasteiger partial charge is 0.417 e. The van der Waals surface area contributed by atoms with E-state index in [1.54, 1.807) is 19.4 Å². The van der Waals surface area contributed by atoms with E-state index in [-0.39, 0.29) is 17.9 Å². The molecule has 1 saturated heterocycles. The smallest absolute Gasteiger partial charge is 0.370 e. The Labute approximate surface area is 192 Å². The Bertz CT molecular complexity index is 1290. The maximum absolute atomic E-state index is 13.2. The fourth-order valence-corrected chi connectivity index (χ4v) is 5.33. The Balaban J connectivity index is 1.32. The van der Waals surface area contributed by atoms with Crippen molar-refractivity contribution in [3.8, 4) is 0 Å². The first-order valence-electron chi connectivity index (χ1n) is 11.0. The Morgan fingerprint density at radius 3 is 2.59 bits per heavy atom. The number of aromatic amines is 1. The van der Waals surface area contributed by atoms with E-state index >= 15 is 0 Å². The number of nitrogens with zero attached hydrogens (tertiary/aromatic N) is 5. The van der Waals surface area contributed by atoms with Gasteiger partial charge in [-0.2, -0.15) is 18.3 Å². The highest BCUT2D eigenvalue weighted by atomic mass is 19.4.